The van der Waals surface area contributed by atoms with Gasteiger partial charge in [0.2, 0.25) is 0 Å². The Kier molecular flexibility index (Phi) is 11.2. The van der Waals surface area contributed by atoms with Gasteiger partial charge in [0.05, 0.1) is 0 Å². The van der Waals surface area contributed by atoms with Gasteiger partial charge in [-0.05, 0) is 77.6 Å². The van der Waals surface area contributed by atoms with E-state index >= 15 is 0 Å². The summed E-state index contributed by atoms with van der Waals surface area (Å²) in [6.07, 6.45) is 0. The van der Waals surface area contributed by atoms with Crippen LogP contribution in [-0.2, 0) is 0 Å². The minimum Gasteiger partial charge on any atom is -0.233 e. The molecule has 0 fully saturated rings. The van der Waals surface area contributed by atoms with E-state index in [1.165, 1.54) is 0 Å². The van der Waals surface area contributed by atoms with Crippen LogP contribution in [0.3, 0.4) is 0 Å². The van der Waals surface area contributed by atoms with Gasteiger partial charge in [0, 0.05) is 50.3 Å². The minimum absolute atomic E-state index is 0.568. The molecule has 8 heteroatoms. The van der Waals surface area contributed by atoms with E-state index in [0.29, 0.717) is 40.8 Å². The van der Waals surface area contributed by atoms with E-state index in [1.54, 1.807) is 0 Å². The van der Waals surface area contributed by atoms with Crippen molar-refractivity contribution < 1.29 is 0 Å². The van der Waals surface area contributed by atoms with Gasteiger partial charge in [-0.15, -0.1) is 0 Å². The van der Waals surface area contributed by atoms with Crippen molar-refractivity contribution in [3.8, 4) is 113 Å². The van der Waals surface area contributed by atoms with Crippen LogP contribution in [0, 0.1) is 13.8 Å². The zero-order chi connectivity index (χ0) is 45.8. The predicted molar refractivity (Wildman–Crippen MR) is 273 cm³/mol. The fourth-order valence-corrected chi connectivity index (χ4v) is 8.40. The number of benzene rings is 8. The average molecular weight is 875 g/mol. The Hall–Kier alpha value is -9.14. The first-order valence-electron chi connectivity index (χ1n) is 22.5. The van der Waals surface area contributed by atoms with Gasteiger partial charge >= 0.3 is 0 Å². The second-order valence-electron chi connectivity index (χ2n) is 16.6. The number of hydrogen-bond donors (Lipinski definition) is 0. The van der Waals surface area contributed by atoms with Crippen molar-refractivity contribution in [2.45, 2.75) is 13.8 Å². The van der Waals surface area contributed by atoms with E-state index in [0.717, 1.165) is 83.7 Å². The van der Waals surface area contributed by atoms with Gasteiger partial charge in [-0.1, -0.05) is 188 Å². The molecule has 0 spiro atoms. The van der Waals surface area contributed by atoms with E-state index in [4.69, 9.17) is 39.9 Å². The molecule has 0 aliphatic carbocycles. The van der Waals surface area contributed by atoms with E-state index < -0.39 is 0 Å². The van der Waals surface area contributed by atoms with Crippen molar-refractivity contribution in [2.75, 3.05) is 0 Å². The molecule has 68 heavy (non-hydrogen) atoms. The largest absolute Gasteiger partial charge is 0.233 e. The molecule has 8 nitrogen and oxygen atoms in total. The topological polar surface area (TPSA) is 103 Å². The molecule has 0 saturated heterocycles. The van der Waals surface area contributed by atoms with Crippen LogP contribution in [0.15, 0.2) is 218 Å². The molecule has 11 rings (SSSR count). The Morgan fingerprint density at radius 1 is 0.191 bits per heavy atom. The summed E-state index contributed by atoms with van der Waals surface area (Å²) >= 11 is 0. The summed E-state index contributed by atoms with van der Waals surface area (Å²) in [5.74, 6) is 4.23. The molecule has 11 aromatic rings. The molecular formula is C60H42N8. The highest BCUT2D eigenvalue weighted by molar-refractivity contribution is 5.87. The first-order valence-corrected chi connectivity index (χ1v) is 22.5. The lowest BCUT2D eigenvalue weighted by Gasteiger charge is -2.15. The highest BCUT2D eigenvalue weighted by Gasteiger charge is 2.18. The zero-order valence-electron chi connectivity index (χ0n) is 37.4. The highest BCUT2D eigenvalue weighted by atomic mass is 15.0. The van der Waals surface area contributed by atoms with E-state index in [9.17, 15) is 0 Å². The van der Waals surface area contributed by atoms with Gasteiger partial charge in [0.25, 0.3) is 0 Å². The molecule has 0 amide bonds. The van der Waals surface area contributed by atoms with E-state index in [2.05, 4.69) is 115 Å². The molecular weight excluding hydrogens is 833 g/mol. The molecule has 8 aromatic carbocycles. The van der Waals surface area contributed by atoms with Gasteiger partial charge in [-0.3, -0.25) is 0 Å². The Morgan fingerprint density at radius 2 is 0.500 bits per heavy atom. The molecule has 3 aromatic heterocycles. The Labute approximate surface area is 394 Å². The third-order valence-corrected chi connectivity index (χ3v) is 11.7. The summed E-state index contributed by atoms with van der Waals surface area (Å²) in [5, 5.41) is 0. The van der Waals surface area contributed by atoms with Crippen LogP contribution in [-0.4, -0.2) is 39.9 Å². The molecule has 0 aliphatic rings. The van der Waals surface area contributed by atoms with Crippen molar-refractivity contribution in [2.24, 2.45) is 0 Å². The van der Waals surface area contributed by atoms with E-state index in [-0.39, 0.29) is 0 Å². The van der Waals surface area contributed by atoms with Crippen molar-refractivity contribution >= 4 is 0 Å². The maximum Gasteiger partial charge on any atom is 0.164 e. The highest BCUT2D eigenvalue weighted by Crippen LogP contribution is 2.38. The molecule has 0 radical (unpaired) electrons. The molecule has 3 heterocycles. The van der Waals surface area contributed by atoms with Gasteiger partial charge in [-0.25, -0.2) is 39.9 Å². The maximum atomic E-state index is 5.13. The van der Waals surface area contributed by atoms with Crippen LogP contribution < -0.4 is 0 Å². The summed E-state index contributed by atoms with van der Waals surface area (Å²) in [6, 6.07) is 74.1. The van der Waals surface area contributed by atoms with Crippen LogP contribution >= 0.6 is 0 Å². The molecule has 0 aliphatic heterocycles. The first-order chi connectivity index (χ1) is 33.5. The first kappa shape index (κ1) is 41.6. The van der Waals surface area contributed by atoms with Crippen LogP contribution in [0.1, 0.15) is 11.4 Å². The van der Waals surface area contributed by atoms with Crippen molar-refractivity contribution in [3.05, 3.63) is 230 Å². The van der Waals surface area contributed by atoms with Crippen LogP contribution in [0.4, 0.5) is 0 Å². The Bertz CT molecular complexity index is 3490. The second-order valence-corrected chi connectivity index (χ2v) is 16.6. The molecule has 322 valence electrons. The van der Waals surface area contributed by atoms with Crippen LogP contribution in [0.25, 0.3) is 113 Å². The SMILES string of the molecule is Cc1cc(C)nc(-c2ccc(-c3cccc(-c4nc(-c5ccccc5)nc(-c5ccccc5)n4)c3)cc2-c2cccc(-c3nc(-c4ccccc4)nc(-c4ccc(-c5ccccc5)cc4)n3)c2)n1. The van der Waals surface area contributed by atoms with Crippen molar-refractivity contribution in [3.63, 3.8) is 0 Å². The summed E-state index contributed by atoms with van der Waals surface area (Å²) in [4.78, 5) is 40.1. The quantitative estimate of drug-likeness (QED) is 0.134. The maximum absolute atomic E-state index is 5.13. The second kappa shape index (κ2) is 18.4. The number of nitrogens with zero attached hydrogens (tertiary/aromatic N) is 8. The Morgan fingerprint density at radius 3 is 0.971 bits per heavy atom. The Balaban J connectivity index is 1.02. The van der Waals surface area contributed by atoms with Crippen molar-refractivity contribution in [1.29, 1.82) is 0 Å². The predicted octanol–water partition coefficient (Wildman–Crippen LogP) is 14.1. The molecule has 0 atom stereocenters. The fraction of sp³-hybridized carbons (Fsp3) is 0.0333. The number of aromatic nitrogens is 8. The normalized spacial score (nSPS) is 11.1. The lowest BCUT2D eigenvalue weighted by molar-refractivity contribution is 1.06. The third-order valence-electron chi connectivity index (χ3n) is 11.7. The summed E-state index contributed by atoms with van der Waals surface area (Å²) in [5.41, 5.74) is 14.3. The van der Waals surface area contributed by atoms with Crippen molar-refractivity contribution in [1.82, 2.24) is 39.9 Å². The number of rotatable bonds is 10. The lowest BCUT2D eigenvalue weighted by atomic mass is 9.92. The zero-order valence-corrected chi connectivity index (χ0v) is 37.4. The van der Waals surface area contributed by atoms with Gasteiger partial charge in [-0.2, -0.15) is 0 Å². The summed E-state index contributed by atoms with van der Waals surface area (Å²) < 4.78 is 0. The molecule has 0 saturated carbocycles. The monoisotopic (exact) mass is 874 g/mol. The molecule has 0 N–H and O–H groups in total. The van der Waals surface area contributed by atoms with Gasteiger partial charge < -0.3 is 0 Å². The summed E-state index contributed by atoms with van der Waals surface area (Å²) in [6.45, 7) is 4.01. The fourth-order valence-electron chi connectivity index (χ4n) is 8.40. The van der Waals surface area contributed by atoms with E-state index in [1.807, 2.05) is 117 Å². The average Bonchev–Trinajstić information content (AvgIpc) is 3.41. The molecule has 0 unspecified atom stereocenters. The van der Waals surface area contributed by atoms with Crippen LogP contribution in [0.5, 0.6) is 0 Å². The smallest absolute Gasteiger partial charge is 0.164 e. The standard InChI is InChI=1S/C60H42N8/c1-39-35-40(2)62-60(61-39)52-34-33-48(47-25-15-27-50(36-47)58-65-54(43-19-9-4-10-20-43)63-55(66-58)44-21-11-5-12-22-44)38-53(52)49-26-16-28-51(37-49)59-67-56(45-23-13-6-14-24-45)64-57(68-59)46-31-29-42(30-32-46)41-17-7-3-8-18-41/h3-38H,1-2H3. The molecule has 0 bridgehead atoms. The number of hydrogen-bond acceptors (Lipinski definition) is 8. The van der Waals surface area contributed by atoms with Crippen LogP contribution in [0.2, 0.25) is 0 Å². The van der Waals surface area contributed by atoms with Gasteiger partial charge in [0.15, 0.2) is 40.8 Å². The van der Waals surface area contributed by atoms with Gasteiger partial charge in [0.1, 0.15) is 0 Å². The minimum atomic E-state index is 0.568. The number of aryl methyl sites for hydroxylation is 2. The third kappa shape index (κ3) is 8.82. The lowest BCUT2D eigenvalue weighted by Crippen LogP contribution is -2.00. The summed E-state index contributed by atoms with van der Waals surface area (Å²) in [7, 11) is 0.